The number of alkyl halides is 2. The smallest absolute Gasteiger partial charge is 0.308 e. The number of ether oxygens (including phenoxy) is 1. The van der Waals surface area contributed by atoms with Crippen molar-refractivity contribution in [2.45, 2.75) is 39.2 Å². The largest absolute Gasteiger partial charge is 0.481 e. The molecule has 0 aromatic carbocycles. The molecule has 0 spiro atoms. The van der Waals surface area contributed by atoms with E-state index in [-0.39, 0.29) is 6.61 Å². The van der Waals surface area contributed by atoms with Crippen molar-refractivity contribution in [3.8, 4) is 0 Å². The van der Waals surface area contributed by atoms with Crippen LogP contribution in [-0.2, 0) is 9.53 Å². The SMILES string of the molecule is CC(COC(C)(C)C(C)(F)F)C(=O)O. The number of aliphatic carboxylic acids is 1. The lowest BCUT2D eigenvalue weighted by molar-refractivity contribution is -0.188. The average Bonchev–Trinajstić information content (AvgIpc) is 1.97. The van der Waals surface area contributed by atoms with E-state index in [1.165, 1.54) is 20.8 Å². The van der Waals surface area contributed by atoms with Gasteiger partial charge in [0.25, 0.3) is 5.92 Å². The first-order chi connectivity index (χ1) is 6.08. The van der Waals surface area contributed by atoms with Crippen molar-refractivity contribution in [3.05, 3.63) is 0 Å². The molecule has 1 N–H and O–H groups in total. The van der Waals surface area contributed by atoms with E-state index in [4.69, 9.17) is 9.84 Å². The number of carboxylic acid groups (broad SMARTS) is 1. The lowest BCUT2D eigenvalue weighted by Gasteiger charge is -2.32. The van der Waals surface area contributed by atoms with Gasteiger partial charge in [-0.3, -0.25) is 4.79 Å². The molecule has 0 aliphatic heterocycles. The van der Waals surface area contributed by atoms with Crippen LogP contribution in [0.5, 0.6) is 0 Å². The van der Waals surface area contributed by atoms with Crippen LogP contribution in [0.15, 0.2) is 0 Å². The highest BCUT2D eigenvalue weighted by Gasteiger charge is 2.43. The quantitative estimate of drug-likeness (QED) is 0.756. The Hall–Kier alpha value is -0.710. The van der Waals surface area contributed by atoms with Crippen molar-refractivity contribution < 1.29 is 23.4 Å². The average molecular weight is 210 g/mol. The van der Waals surface area contributed by atoms with Crippen molar-refractivity contribution in [2.75, 3.05) is 6.61 Å². The molecule has 5 heteroatoms. The van der Waals surface area contributed by atoms with E-state index < -0.39 is 23.4 Å². The Balaban J connectivity index is 4.20. The number of hydrogen-bond donors (Lipinski definition) is 1. The number of carboxylic acids is 1. The van der Waals surface area contributed by atoms with E-state index in [1.54, 1.807) is 0 Å². The fourth-order valence-corrected chi connectivity index (χ4v) is 0.531. The highest BCUT2D eigenvalue weighted by atomic mass is 19.3. The first-order valence-electron chi connectivity index (χ1n) is 4.32. The van der Waals surface area contributed by atoms with Gasteiger partial charge in [-0.25, -0.2) is 8.78 Å². The summed E-state index contributed by atoms with van der Waals surface area (Å²) in [6, 6.07) is 0. The Morgan fingerprint density at radius 2 is 1.86 bits per heavy atom. The van der Waals surface area contributed by atoms with Crippen molar-refractivity contribution in [2.24, 2.45) is 5.92 Å². The van der Waals surface area contributed by atoms with Crippen LogP contribution in [0.4, 0.5) is 8.78 Å². The summed E-state index contributed by atoms with van der Waals surface area (Å²) in [5.74, 6) is -4.83. The van der Waals surface area contributed by atoms with E-state index in [0.29, 0.717) is 0 Å². The summed E-state index contributed by atoms with van der Waals surface area (Å²) in [5, 5.41) is 8.51. The van der Waals surface area contributed by atoms with E-state index in [0.717, 1.165) is 6.92 Å². The standard InChI is InChI=1S/C9H16F2O3/c1-6(7(12)13)5-14-8(2,3)9(4,10)11/h6H,5H2,1-4H3,(H,12,13). The van der Waals surface area contributed by atoms with Gasteiger partial charge < -0.3 is 9.84 Å². The molecule has 0 radical (unpaired) electrons. The summed E-state index contributed by atoms with van der Waals surface area (Å²) in [4.78, 5) is 10.4. The molecule has 0 aliphatic carbocycles. The maximum Gasteiger partial charge on any atom is 0.308 e. The first-order valence-corrected chi connectivity index (χ1v) is 4.32. The lowest BCUT2D eigenvalue weighted by Crippen LogP contribution is -2.44. The molecular weight excluding hydrogens is 194 g/mol. The van der Waals surface area contributed by atoms with Gasteiger partial charge in [-0.05, 0) is 20.8 Å². The second-order valence-corrected chi connectivity index (χ2v) is 3.95. The maximum atomic E-state index is 12.9. The Labute approximate surface area is 82.1 Å². The minimum absolute atomic E-state index is 0.217. The first kappa shape index (κ1) is 13.3. The van der Waals surface area contributed by atoms with Gasteiger partial charge in [0.05, 0.1) is 12.5 Å². The second kappa shape index (κ2) is 4.21. The molecule has 0 rings (SSSR count). The third-order valence-corrected chi connectivity index (χ3v) is 2.17. The number of carbonyl (C=O) groups is 1. The second-order valence-electron chi connectivity index (χ2n) is 3.95. The van der Waals surface area contributed by atoms with Gasteiger partial charge in [0.2, 0.25) is 0 Å². The highest BCUT2D eigenvalue weighted by molar-refractivity contribution is 5.69. The molecule has 0 aromatic heterocycles. The summed E-state index contributed by atoms with van der Waals surface area (Å²) >= 11 is 0. The van der Waals surface area contributed by atoms with Gasteiger partial charge >= 0.3 is 5.97 Å². The zero-order valence-corrected chi connectivity index (χ0v) is 8.80. The summed E-state index contributed by atoms with van der Waals surface area (Å²) < 4.78 is 30.6. The van der Waals surface area contributed by atoms with Gasteiger partial charge in [-0.2, -0.15) is 0 Å². The minimum Gasteiger partial charge on any atom is -0.481 e. The molecule has 0 heterocycles. The Bertz CT molecular complexity index is 209. The molecule has 0 aromatic rings. The highest BCUT2D eigenvalue weighted by Crippen LogP contribution is 2.31. The molecule has 0 bridgehead atoms. The number of rotatable bonds is 5. The minimum atomic E-state index is -2.99. The van der Waals surface area contributed by atoms with Crippen LogP contribution in [0.2, 0.25) is 0 Å². The maximum absolute atomic E-state index is 12.9. The molecule has 3 nitrogen and oxygen atoms in total. The fraction of sp³-hybridized carbons (Fsp3) is 0.889. The monoisotopic (exact) mass is 210 g/mol. The Morgan fingerprint density at radius 3 is 2.14 bits per heavy atom. The normalized spacial score (nSPS) is 15.3. The van der Waals surface area contributed by atoms with Crippen LogP contribution in [-0.4, -0.2) is 29.2 Å². The van der Waals surface area contributed by atoms with Gasteiger partial charge in [0, 0.05) is 6.92 Å². The third kappa shape index (κ3) is 3.57. The summed E-state index contributed by atoms with van der Waals surface area (Å²) in [6.07, 6.45) is 0. The van der Waals surface area contributed by atoms with Gasteiger partial charge in [-0.1, -0.05) is 0 Å². The zero-order valence-electron chi connectivity index (χ0n) is 8.80. The molecule has 0 aliphatic rings. The van der Waals surface area contributed by atoms with Crippen LogP contribution in [0.1, 0.15) is 27.7 Å². The molecular formula is C9H16F2O3. The van der Waals surface area contributed by atoms with Crippen LogP contribution < -0.4 is 0 Å². The van der Waals surface area contributed by atoms with Gasteiger partial charge in [0.15, 0.2) is 0 Å². The molecule has 1 unspecified atom stereocenters. The molecule has 0 amide bonds. The molecule has 0 fully saturated rings. The summed E-state index contributed by atoms with van der Waals surface area (Å²) in [6.45, 7) is 4.42. The van der Waals surface area contributed by atoms with Crippen LogP contribution in [0.25, 0.3) is 0 Å². The topological polar surface area (TPSA) is 46.5 Å². The van der Waals surface area contributed by atoms with Crippen LogP contribution in [0.3, 0.4) is 0 Å². The molecule has 1 atom stereocenters. The molecule has 0 saturated heterocycles. The summed E-state index contributed by atoms with van der Waals surface area (Å²) in [7, 11) is 0. The lowest BCUT2D eigenvalue weighted by atomic mass is 10.0. The third-order valence-electron chi connectivity index (χ3n) is 2.17. The predicted octanol–water partition coefficient (Wildman–Crippen LogP) is 2.16. The Kier molecular flexibility index (Phi) is 4.00. The van der Waals surface area contributed by atoms with E-state index >= 15 is 0 Å². The molecule has 0 saturated carbocycles. The number of halogens is 2. The van der Waals surface area contributed by atoms with Crippen molar-refractivity contribution >= 4 is 5.97 Å². The van der Waals surface area contributed by atoms with E-state index in [9.17, 15) is 13.6 Å². The Morgan fingerprint density at radius 1 is 1.43 bits per heavy atom. The van der Waals surface area contributed by atoms with Crippen molar-refractivity contribution in [1.29, 1.82) is 0 Å². The zero-order chi connectivity index (χ0) is 11.6. The van der Waals surface area contributed by atoms with E-state index in [2.05, 4.69) is 0 Å². The van der Waals surface area contributed by atoms with E-state index in [1.807, 2.05) is 0 Å². The van der Waals surface area contributed by atoms with Crippen molar-refractivity contribution in [1.82, 2.24) is 0 Å². The predicted molar refractivity (Wildman–Crippen MR) is 47.5 cm³/mol. The molecule has 84 valence electrons. The fourth-order valence-electron chi connectivity index (χ4n) is 0.531. The van der Waals surface area contributed by atoms with Gasteiger partial charge in [-0.15, -0.1) is 0 Å². The van der Waals surface area contributed by atoms with Crippen LogP contribution >= 0.6 is 0 Å². The number of hydrogen-bond acceptors (Lipinski definition) is 2. The van der Waals surface area contributed by atoms with Crippen LogP contribution in [0, 0.1) is 5.92 Å². The van der Waals surface area contributed by atoms with Gasteiger partial charge in [0.1, 0.15) is 5.60 Å². The van der Waals surface area contributed by atoms with Crippen molar-refractivity contribution in [3.63, 3.8) is 0 Å². The molecule has 14 heavy (non-hydrogen) atoms. The summed E-state index contributed by atoms with van der Waals surface area (Å²) in [5.41, 5.74) is -1.64.